The van der Waals surface area contributed by atoms with E-state index in [2.05, 4.69) is 9.97 Å². The molecule has 1 aromatic heterocycles. The Morgan fingerprint density at radius 1 is 1.21 bits per heavy atom. The van der Waals surface area contributed by atoms with Crippen LogP contribution in [0.2, 0.25) is 5.15 Å². The van der Waals surface area contributed by atoms with Crippen LogP contribution >= 0.6 is 11.6 Å². The highest BCUT2D eigenvalue weighted by Crippen LogP contribution is 2.38. The first-order valence-corrected chi connectivity index (χ1v) is 8.11. The number of ether oxygens (including phenoxy) is 2. The predicted molar refractivity (Wildman–Crippen MR) is 87.8 cm³/mol. The molecule has 0 spiro atoms. The van der Waals surface area contributed by atoms with Gasteiger partial charge in [-0.05, 0) is 33.6 Å². The number of esters is 1. The molecule has 0 aliphatic carbocycles. The SMILES string of the molecule is COC(=O)C1(c2nccnc2Cl)CCN(C(=O)OC(C)(C)C)CC1. The normalized spacial score (nSPS) is 17.3. The first kappa shape index (κ1) is 18.4. The number of piperidine rings is 1. The van der Waals surface area contributed by atoms with Crippen LogP contribution < -0.4 is 0 Å². The van der Waals surface area contributed by atoms with Crippen LogP contribution in [0.1, 0.15) is 39.3 Å². The standard InChI is InChI=1S/C16H22ClN3O4/c1-15(2,3)24-14(22)20-9-5-16(6-10-20,13(21)23-4)11-12(17)19-8-7-18-11/h7-8H,5-6,9-10H2,1-4H3. The van der Waals surface area contributed by atoms with Gasteiger partial charge in [0.1, 0.15) is 11.0 Å². The summed E-state index contributed by atoms with van der Waals surface area (Å²) >= 11 is 6.15. The molecule has 0 bridgehead atoms. The van der Waals surface area contributed by atoms with Crippen LogP contribution in [-0.4, -0.2) is 52.7 Å². The van der Waals surface area contributed by atoms with Gasteiger partial charge in [-0.3, -0.25) is 9.78 Å². The Kier molecular flexibility index (Phi) is 5.32. The summed E-state index contributed by atoms with van der Waals surface area (Å²) in [6.45, 7) is 6.13. The van der Waals surface area contributed by atoms with E-state index in [1.54, 1.807) is 4.90 Å². The highest BCUT2D eigenvalue weighted by Gasteiger charge is 2.48. The molecule has 2 rings (SSSR count). The maximum Gasteiger partial charge on any atom is 0.410 e. The van der Waals surface area contributed by atoms with Crippen molar-refractivity contribution in [2.45, 2.75) is 44.6 Å². The van der Waals surface area contributed by atoms with E-state index in [0.29, 0.717) is 31.6 Å². The van der Waals surface area contributed by atoms with Gasteiger partial charge in [0.05, 0.1) is 12.8 Å². The van der Waals surface area contributed by atoms with Gasteiger partial charge in [-0.1, -0.05) is 11.6 Å². The Hall–Kier alpha value is -1.89. The molecule has 1 saturated heterocycles. The minimum atomic E-state index is -1.00. The largest absolute Gasteiger partial charge is 0.468 e. The van der Waals surface area contributed by atoms with Crippen molar-refractivity contribution in [1.29, 1.82) is 0 Å². The van der Waals surface area contributed by atoms with Crippen LogP contribution in [0.4, 0.5) is 4.79 Å². The predicted octanol–water partition coefficient (Wildman–Crippen LogP) is 2.57. The van der Waals surface area contributed by atoms with E-state index in [-0.39, 0.29) is 5.15 Å². The first-order valence-electron chi connectivity index (χ1n) is 7.73. The molecular weight excluding hydrogens is 334 g/mol. The third-order valence-corrected chi connectivity index (χ3v) is 4.23. The van der Waals surface area contributed by atoms with Gasteiger partial charge >= 0.3 is 12.1 Å². The zero-order chi connectivity index (χ0) is 18.0. The Bertz CT molecular complexity index is 622. The molecule has 0 aromatic carbocycles. The van der Waals surface area contributed by atoms with Crippen LogP contribution in [0, 0.1) is 0 Å². The average molecular weight is 356 g/mol. The number of rotatable bonds is 2. The number of methoxy groups -OCH3 is 1. The van der Waals surface area contributed by atoms with Crippen LogP contribution in [0.15, 0.2) is 12.4 Å². The second-order valence-electron chi connectivity index (χ2n) is 6.74. The molecule has 0 atom stereocenters. The van der Waals surface area contributed by atoms with Crippen molar-refractivity contribution in [2.75, 3.05) is 20.2 Å². The van der Waals surface area contributed by atoms with Gasteiger partial charge in [0.25, 0.3) is 0 Å². The smallest absolute Gasteiger partial charge is 0.410 e. The minimum Gasteiger partial charge on any atom is -0.468 e. The number of hydrogen-bond acceptors (Lipinski definition) is 6. The van der Waals surface area contributed by atoms with Crippen molar-refractivity contribution in [3.63, 3.8) is 0 Å². The monoisotopic (exact) mass is 355 g/mol. The topological polar surface area (TPSA) is 81.6 Å². The van der Waals surface area contributed by atoms with Crippen LogP contribution in [-0.2, 0) is 19.7 Å². The Balaban J connectivity index is 2.22. The van der Waals surface area contributed by atoms with Crippen molar-refractivity contribution in [3.05, 3.63) is 23.2 Å². The Morgan fingerprint density at radius 2 is 1.79 bits per heavy atom. The molecule has 1 aliphatic heterocycles. The second kappa shape index (κ2) is 6.93. The molecule has 0 radical (unpaired) electrons. The van der Waals surface area contributed by atoms with Crippen molar-refractivity contribution in [1.82, 2.24) is 14.9 Å². The molecule has 0 unspecified atom stereocenters. The van der Waals surface area contributed by atoms with Crippen molar-refractivity contribution < 1.29 is 19.1 Å². The van der Waals surface area contributed by atoms with Gasteiger partial charge in [-0.25, -0.2) is 9.78 Å². The highest BCUT2D eigenvalue weighted by molar-refractivity contribution is 6.30. The molecule has 132 valence electrons. The molecule has 1 amide bonds. The molecular formula is C16H22ClN3O4. The number of carbonyl (C=O) groups is 2. The van der Waals surface area contributed by atoms with Crippen molar-refractivity contribution >= 4 is 23.7 Å². The fourth-order valence-electron chi connectivity index (χ4n) is 2.77. The van der Waals surface area contributed by atoms with Crippen LogP contribution in [0.5, 0.6) is 0 Å². The number of hydrogen-bond donors (Lipinski definition) is 0. The fourth-order valence-corrected chi connectivity index (χ4v) is 3.06. The van der Waals surface area contributed by atoms with E-state index < -0.39 is 23.1 Å². The van der Waals surface area contributed by atoms with Gasteiger partial charge in [0.15, 0.2) is 5.15 Å². The van der Waals surface area contributed by atoms with E-state index in [0.717, 1.165) is 0 Å². The minimum absolute atomic E-state index is 0.175. The quantitative estimate of drug-likeness (QED) is 0.758. The highest BCUT2D eigenvalue weighted by atomic mass is 35.5. The van der Waals surface area contributed by atoms with Crippen molar-refractivity contribution in [3.8, 4) is 0 Å². The number of nitrogens with zero attached hydrogens (tertiary/aromatic N) is 3. The number of likely N-dealkylation sites (tertiary alicyclic amines) is 1. The van der Waals surface area contributed by atoms with Crippen LogP contribution in [0.25, 0.3) is 0 Å². The summed E-state index contributed by atoms with van der Waals surface area (Å²) in [6, 6.07) is 0. The zero-order valence-electron chi connectivity index (χ0n) is 14.3. The summed E-state index contributed by atoms with van der Waals surface area (Å²) in [5, 5.41) is 0.175. The molecule has 7 nitrogen and oxygen atoms in total. The van der Waals surface area contributed by atoms with E-state index >= 15 is 0 Å². The maximum atomic E-state index is 12.5. The molecule has 1 aromatic rings. The Labute approximate surface area is 146 Å². The second-order valence-corrected chi connectivity index (χ2v) is 7.09. The molecule has 0 N–H and O–H groups in total. The van der Waals surface area contributed by atoms with Gasteiger partial charge in [0.2, 0.25) is 0 Å². The lowest BCUT2D eigenvalue weighted by Crippen LogP contribution is -2.51. The summed E-state index contributed by atoms with van der Waals surface area (Å²) < 4.78 is 10.4. The summed E-state index contributed by atoms with van der Waals surface area (Å²) in [6.07, 6.45) is 3.25. The fraction of sp³-hybridized carbons (Fsp3) is 0.625. The molecule has 8 heteroatoms. The van der Waals surface area contributed by atoms with E-state index in [4.69, 9.17) is 21.1 Å². The van der Waals surface area contributed by atoms with Crippen molar-refractivity contribution in [2.24, 2.45) is 0 Å². The number of aromatic nitrogens is 2. The van der Waals surface area contributed by atoms with E-state index in [9.17, 15) is 9.59 Å². The van der Waals surface area contributed by atoms with E-state index in [1.807, 2.05) is 20.8 Å². The zero-order valence-corrected chi connectivity index (χ0v) is 15.1. The molecule has 1 fully saturated rings. The summed E-state index contributed by atoms with van der Waals surface area (Å²) in [5.41, 5.74) is -1.18. The molecule has 2 heterocycles. The third kappa shape index (κ3) is 3.77. The summed E-state index contributed by atoms with van der Waals surface area (Å²) in [7, 11) is 1.33. The maximum absolute atomic E-state index is 12.5. The third-order valence-electron chi connectivity index (χ3n) is 3.95. The van der Waals surface area contributed by atoms with E-state index in [1.165, 1.54) is 19.5 Å². The average Bonchev–Trinajstić information content (AvgIpc) is 2.53. The van der Waals surface area contributed by atoms with Gasteiger partial charge in [0, 0.05) is 25.5 Å². The summed E-state index contributed by atoms with van der Waals surface area (Å²) in [5.74, 6) is -0.422. The van der Waals surface area contributed by atoms with Gasteiger partial charge in [-0.2, -0.15) is 0 Å². The lowest BCUT2D eigenvalue weighted by Gasteiger charge is -2.39. The van der Waals surface area contributed by atoms with Gasteiger partial charge in [-0.15, -0.1) is 0 Å². The number of amides is 1. The lowest BCUT2D eigenvalue weighted by molar-refractivity contribution is -0.150. The number of carbonyl (C=O) groups excluding carboxylic acids is 2. The molecule has 24 heavy (non-hydrogen) atoms. The van der Waals surface area contributed by atoms with Crippen LogP contribution in [0.3, 0.4) is 0 Å². The number of halogens is 1. The lowest BCUT2D eigenvalue weighted by atomic mass is 9.75. The summed E-state index contributed by atoms with van der Waals surface area (Å²) in [4.78, 5) is 34.5. The van der Waals surface area contributed by atoms with Gasteiger partial charge < -0.3 is 14.4 Å². The Morgan fingerprint density at radius 3 is 2.29 bits per heavy atom. The molecule has 1 aliphatic rings. The molecule has 0 saturated carbocycles. The first-order chi connectivity index (χ1) is 11.2.